The minimum Gasteiger partial charge on any atom is -0.378 e. The van der Waals surface area contributed by atoms with E-state index in [1.165, 1.54) is 0 Å². The first-order chi connectivity index (χ1) is 8.24. The van der Waals surface area contributed by atoms with Gasteiger partial charge in [-0.3, -0.25) is 0 Å². The van der Waals surface area contributed by atoms with Crippen LogP contribution >= 0.6 is 0 Å². The number of anilines is 1. The smallest absolute Gasteiger partial charge is 0.0915 e. The number of para-hydroxylation sites is 2. The summed E-state index contributed by atoms with van der Waals surface area (Å²) < 4.78 is 0. The van der Waals surface area contributed by atoms with E-state index in [2.05, 4.69) is 27.0 Å². The molecular formula is C14H13N3. The number of hydrogen-bond acceptors (Lipinski definition) is 3. The van der Waals surface area contributed by atoms with Crippen molar-refractivity contribution in [2.24, 2.45) is 0 Å². The van der Waals surface area contributed by atoms with Crippen LogP contribution in [0.1, 0.15) is 0 Å². The fourth-order valence-electron chi connectivity index (χ4n) is 1.89. The van der Waals surface area contributed by atoms with Crippen LogP contribution in [-0.2, 0) is 0 Å². The SMILES string of the molecule is CN(C)c1ccc2nc3ccccc3nc2c1. The van der Waals surface area contributed by atoms with Crippen molar-refractivity contribution in [1.29, 1.82) is 0 Å². The van der Waals surface area contributed by atoms with E-state index in [1.54, 1.807) is 0 Å². The molecule has 3 aromatic rings. The molecule has 1 heterocycles. The third kappa shape index (κ3) is 1.69. The van der Waals surface area contributed by atoms with Gasteiger partial charge in [-0.05, 0) is 30.3 Å². The molecule has 0 aliphatic rings. The molecule has 3 nitrogen and oxygen atoms in total. The van der Waals surface area contributed by atoms with Crippen molar-refractivity contribution in [3.8, 4) is 0 Å². The van der Waals surface area contributed by atoms with Crippen LogP contribution in [-0.4, -0.2) is 24.1 Å². The minimum atomic E-state index is 0.939. The molecule has 0 bridgehead atoms. The van der Waals surface area contributed by atoms with Crippen molar-refractivity contribution in [2.75, 3.05) is 19.0 Å². The fraction of sp³-hybridized carbons (Fsp3) is 0.143. The van der Waals surface area contributed by atoms with E-state index >= 15 is 0 Å². The molecule has 0 N–H and O–H groups in total. The molecule has 0 saturated carbocycles. The number of hydrogen-bond donors (Lipinski definition) is 0. The Morgan fingerprint density at radius 3 is 2.00 bits per heavy atom. The molecule has 2 aromatic carbocycles. The molecule has 0 aliphatic heterocycles. The summed E-state index contributed by atoms with van der Waals surface area (Å²) in [4.78, 5) is 11.3. The van der Waals surface area contributed by atoms with Gasteiger partial charge in [0.05, 0.1) is 22.1 Å². The van der Waals surface area contributed by atoms with Crippen molar-refractivity contribution < 1.29 is 0 Å². The molecular weight excluding hydrogens is 210 g/mol. The van der Waals surface area contributed by atoms with Gasteiger partial charge in [-0.25, -0.2) is 9.97 Å². The fourth-order valence-corrected chi connectivity index (χ4v) is 1.89. The van der Waals surface area contributed by atoms with Crippen molar-refractivity contribution in [3.05, 3.63) is 42.5 Å². The Balaban J connectivity index is 2.32. The van der Waals surface area contributed by atoms with E-state index in [4.69, 9.17) is 0 Å². The van der Waals surface area contributed by atoms with Gasteiger partial charge in [0.2, 0.25) is 0 Å². The summed E-state index contributed by atoms with van der Waals surface area (Å²) >= 11 is 0. The molecule has 3 heteroatoms. The van der Waals surface area contributed by atoms with Crippen molar-refractivity contribution in [2.45, 2.75) is 0 Å². The summed E-state index contributed by atoms with van der Waals surface area (Å²) in [6, 6.07) is 14.1. The second kappa shape index (κ2) is 3.70. The summed E-state index contributed by atoms with van der Waals surface area (Å²) in [5, 5.41) is 0. The summed E-state index contributed by atoms with van der Waals surface area (Å²) in [5.41, 5.74) is 4.90. The lowest BCUT2D eigenvalue weighted by atomic mass is 10.2. The van der Waals surface area contributed by atoms with Crippen LogP contribution in [0.3, 0.4) is 0 Å². The van der Waals surface area contributed by atoms with E-state index in [-0.39, 0.29) is 0 Å². The highest BCUT2D eigenvalue weighted by Gasteiger charge is 2.02. The Morgan fingerprint density at radius 2 is 1.35 bits per heavy atom. The van der Waals surface area contributed by atoms with Crippen LogP contribution in [0, 0.1) is 0 Å². The van der Waals surface area contributed by atoms with Crippen molar-refractivity contribution in [3.63, 3.8) is 0 Å². The zero-order chi connectivity index (χ0) is 11.8. The van der Waals surface area contributed by atoms with Gasteiger partial charge in [-0.1, -0.05) is 12.1 Å². The van der Waals surface area contributed by atoms with E-state index in [0.717, 1.165) is 27.8 Å². The van der Waals surface area contributed by atoms with Crippen molar-refractivity contribution >= 4 is 27.8 Å². The number of rotatable bonds is 1. The second-order valence-corrected chi connectivity index (χ2v) is 4.28. The Hall–Kier alpha value is -2.16. The molecule has 0 spiro atoms. The van der Waals surface area contributed by atoms with Gasteiger partial charge in [-0.15, -0.1) is 0 Å². The maximum atomic E-state index is 4.63. The Labute approximate surface area is 99.7 Å². The summed E-state index contributed by atoms with van der Waals surface area (Å²) in [5.74, 6) is 0. The molecule has 3 rings (SSSR count). The normalized spacial score (nSPS) is 10.9. The molecule has 17 heavy (non-hydrogen) atoms. The van der Waals surface area contributed by atoms with Gasteiger partial charge in [-0.2, -0.15) is 0 Å². The monoisotopic (exact) mass is 223 g/mol. The quantitative estimate of drug-likeness (QED) is 0.594. The van der Waals surface area contributed by atoms with Crippen LogP contribution in [0.25, 0.3) is 22.1 Å². The number of fused-ring (bicyclic) bond motifs is 2. The van der Waals surface area contributed by atoms with Gasteiger partial charge in [0.1, 0.15) is 0 Å². The maximum absolute atomic E-state index is 4.63. The topological polar surface area (TPSA) is 29.0 Å². The van der Waals surface area contributed by atoms with Crippen LogP contribution in [0.2, 0.25) is 0 Å². The Kier molecular flexibility index (Phi) is 2.18. The van der Waals surface area contributed by atoms with E-state index < -0.39 is 0 Å². The Morgan fingerprint density at radius 1 is 0.765 bits per heavy atom. The molecule has 0 radical (unpaired) electrons. The molecule has 84 valence electrons. The van der Waals surface area contributed by atoms with E-state index in [1.807, 2.05) is 44.4 Å². The highest BCUT2D eigenvalue weighted by Crippen LogP contribution is 2.20. The summed E-state index contributed by atoms with van der Waals surface area (Å²) in [6.45, 7) is 0. The molecule has 0 amide bonds. The first-order valence-electron chi connectivity index (χ1n) is 5.58. The van der Waals surface area contributed by atoms with Crippen molar-refractivity contribution in [1.82, 2.24) is 9.97 Å². The average molecular weight is 223 g/mol. The number of nitrogens with zero attached hydrogens (tertiary/aromatic N) is 3. The van der Waals surface area contributed by atoms with Crippen LogP contribution in [0.15, 0.2) is 42.5 Å². The maximum Gasteiger partial charge on any atom is 0.0915 e. The Bertz CT molecular complexity index is 689. The third-order valence-electron chi connectivity index (χ3n) is 2.84. The van der Waals surface area contributed by atoms with Gasteiger partial charge in [0.25, 0.3) is 0 Å². The average Bonchev–Trinajstić information content (AvgIpc) is 2.35. The van der Waals surface area contributed by atoms with Crippen LogP contribution in [0.4, 0.5) is 5.69 Å². The molecule has 0 saturated heterocycles. The molecule has 0 unspecified atom stereocenters. The first-order valence-corrected chi connectivity index (χ1v) is 5.58. The lowest BCUT2D eigenvalue weighted by Crippen LogP contribution is -2.08. The third-order valence-corrected chi connectivity index (χ3v) is 2.84. The largest absolute Gasteiger partial charge is 0.378 e. The van der Waals surface area contributed by atoms with E-state index in [0.29, 0.717) is 0 Å². The zero-order valence-corrected chi connectivity index (χ0v) is 9.88. The summed E-state index contributed by atoms with van der Waals surface area (Å²) in [6.07, 6.45) is 0. The highest BCUT2D eigenvalue weighted by atomic mass is 15.1. The van der Waals surface area contributed by atoms with Crippen LogP contribution in [0.5, 0.6) is 0 Å². The molecule has 1 aromatic heterocycles. The minimum absolute atomic E-state index is 0.939. The highest BCUT2D eigenvalue weighted by molar-refractivity contribution is 5.87. The molecule has 0 atom stereocenters. The van der Waals surface area contributed by atoms with E-state index in [9.17, 15) is 0 Å². The number of aromatic nitrogens is 2. The van der Waals surface area contributed by atoms with Gasteiger partial charge in [0, 0.05) is 19.8 Å². The zero-order valence-electron chi connectivity index (χ0n) is 9.88. The van der Waals surface area contributed by atoms with Gasteiger partial charge in [0.15, 0.2) is 0 Å². The molecule has 0 fully saturated rings. The van der Waals surface area contributed by atoms with Gasteiger partial charge < -0.3 is 4.90 Å². The molecule has 0 aliphatic carbocycles. The standard InChI is InChI=1S/C14H13N3/c1-17(2)10-7-8-13-14(9-10)16-12-6-4-3-5-11(12)15-13/h3-9H,1-2H3. The van der Waals surface area contributed by atoms with Crippen LogP contribution < -0.4 is 4.90 Å². The van der Waals surface area contributed by atoms with Gasteiger partial charge >= 0.3 is 0 Å². The second-order valence-electron chi connectivity index (χ2n) is 4.28. The predicted octanol–water partition coefficient (Wildman–Crippen LogP) is 2.85. The number of benzene rings is 2. The lowest BCUT2D eigenvalue weighted by Gasteiger charge is -2.12. The summed E-state index contributed by atoms with van der Waals surface area (Å²) in [7, 11) is 4.05. The predicted molar refractivity (Wildman–Crippen MR) is 71.4 cm³/mol. The first kappa shape index (κ1) is 10.0. The lowest BCUT2D eigenvalue weighted by molar-refractivity contribution is 1.13.